The third kappa shape index (κ3) is 2.76. The fourth-order valence-corrected chi connectivity index (χ4v) is 2.79. The fourth-order valence-electron chi connectivity index (χ4n) is 1.51. The Morgan fingerprint density at radius 2 is 2.00 bits per heavy atom. The van der Waals surface area contributed by atoms with E-state index in [1.807, 2.05) is 44.2 Å². The topological polar surface area (TPSA) is 29.1 Å². The number of amides is 1. The van der Waals surface area contributed by atoms with Crippen molar-refractivity contribution in [3.63, 3.8) is 0 Å². The molecule has 0 saturated carbocycles. The number of anilines is 1. The summed E-state index contributed by atoms with van der Waals surface area (Å²) in [6.45, 7) is 4.04. The van der Waals surface area contributed by atoms with Gasteiger partial charge < -0.3 is 5.32 Å². The molecule has 4 heteroatoms. The molecule has 0 radical (unpaired) electrons. The number of aryl methyl sites for hydroxylation is 1. The predicted molar refractivity (Wildman–Crippen MR) is 75.9 cm³/mol. The second-order valence-electron chi connectivity index (χ2n) is 3.81. The number of hydrogen-bond acceptors (Lipinski definition) is 2. The van der Waals surface area contributed by atoms with Crippen LogP contribution >= 0.6 is 27.3 Å². The monoisotopic (exact) mass is 309 g/mol. The van der Waals surface area contributed by atoms with Crippen molar-refractivity contribution in [3.05, 3.63) is 50.1 Å². The summed E-state index contributed by atoms with van der Waals surface area (Å²) in [4.78, 5) is 12.7. The van der Waals surface area contributed by atoms with E-state index in [1.165, 1.54) is 16.9 Å². The third-order valence-corrected chi connectivity index (χ3v) is 4.27. The lowest BCUT2D eigenvalue weighted by atomic mass is 10.1. The van der Waals surface area contributed by atoms with Gasteiger partial charge in [0.1, 0.15) is 0 Å². The summed E-state index contributed by atoms with van der Waals surface area (Å²) < 4.78 is 0.962. The van der Waals surface area contributed by atoms with Gasteiger partial charge in [-0.25, -0.2) is 0 Å². The van der Waals surface area contributed by atoms with Crippen LogP contribution in [0.4, 0.5) is 5.69 Å². The van der Waals surface area contributed by atoms with Crippen LogP contribution in [-0.2, 0) is 0 Å². The molecule has 1 aromatic heterocycles. The van der Waals surface area contributed by atoms with Crippen molar-refractivity contribution in [2.24, 2.45) is 0 Å². The minimum Gasteiger partial charge on any atom is -0.321 e. The molecule has 0 fully saturated rings. The van der Waals surface area contributed by atoms with E-state index in [4.69, 9.17) is 0 Å². The van der Waals surface area contributed by atoms with Gasteiger partial charge in [0.15, 0.2) is 0 Å². The smallest absolute Gasteiger partial charge is 0.265 e. The molecule has 0 aliphatic heterocycles. The number of rotatable bonds is 2. The Morgan fingerprint density at radius 1 is 1.24 bits per heavy atom. The highest BCUT2D eigenvalue weighted by Crippen LogP contribution is 2.24. The van der Waals surface area contributed by atoms with Crippen molar-refractivity contribution in [1.29, 1.82) is 0 Å². The van der Waals surface area contributed by atoms with E-state index < -0.39 is 0 Å². The molecule has 0 spiro atoms. The van der Waals surface area contributed by atoms with Gasteiger partial charge in [0, 0.05) is 5.69 Å². The zero-order chi connectivity index (χ0) is 12.4. The number of benzene rings is 1. The number of halogens is 1. The molecule has 1 aromatic carbocycles. The van der Waals surface area contributed by atoms with Gasteiger partial charge in [-0.05, 0) is 59.1 Å². The maximum absolute atomic E-state index is 12.0. The lowest BCUT2D eigenvalue weighted by molar-refractivity contribution is 0.103. The van der Waals surface area contributed by atoms with Crippen LogP contribution in [-0.4, -0.2) is 5.91 Å². The molecule has 17 heavy (non-hydrogen) atoms. The Balaban J connectivity index is 2.21. The van der Waals surface area contributed by atoms with Gasteiger partial charge in [-0.15, -0.1) is 11.3 Å². The Kier molecular flexibility index (Phi) is 3.64. The molecule has 0 atom stereocenters. The Labute approximate surface area is 113 Å². The molecule has 0 unspecified atom stereocenters. The van der Waals surface area contributed by atoms with E-state index in [9.17, 15) is 4.79 Å². The summed E-state index contributed by atoms with van der Waals surface area (Å²) in [7, 11) is 0. The van der Waals surface area contributed by atoms with Gasteiger partial charge in [0.05, 0.1) is 8.66 Å². The minimum atomic E-state index is -0.0607. The van der Waals surface area contributed by atoms with Crippen molar-refractivity contribution in [3.8, 4) is 0 Å². The second kappa shape index (κ2) is 5.02. The molecule has 88 valence electrons. The average Bonchev–Trinajstić information content (AvgIpc) is 2.72. The molecule has 0 aliphatic carbocycles. The number of nitrogens with one attached hydrogen (secondary N) is 1. The van der Waals surface area contributed by atoms with Crippen LogP contribution in [0.3, 0.4) is 0 Å². The van der Waals surface area contributed by atoms with Crippen LogP contribution in [0, 0.1) is 13.8 Å². The molecule has 2 rings (SSSR count). The van der Waals surface area contributed by atoms with Gasteiger partial charge in [-0.2, -0.15) is 0 Å². The molecule has 1 N–H and O–H groups in total. The summed E-state index contributed by atoms with van der Waals surface area (Å²) in [6, 6.07) is 9.59. The van der Waals surface area contributed by atoms with Crippen LogP contribution in [0.1, 0.15) is 20.8 Å². The number of thiophene rings is 1. The van der Waals surface area contributed by atoms with Crippen molar-refractivity contribution in [2.75, 3.05) is 5.32 Å². The first kappa shape index (κ1) is 12.3. The molecule has 1 heterocycles. The summed E-state index contributed by atoms with van der Waals surface area (Å²) >= 11 is 4.78. The van der Waals surface area contributed by atoms with E-state index in [-0.39, 0.29) is 5.91 Å². The van der Waals surface area contributed by atoms with Crippen molar-refractivity contribution >= 4 is 38.9 Å². The molecule has 1 amide bonds. The Bertz CT molecular complexity index is 562. The quantitative estimate of drug-likeness (QED) is 0.876. The summed E-state index contributed by atoms with van der Waals surface area (Å²) in [5.41, 5.74) is 3.16. The van der Waals surface area contributed by atoms with Gasteiger partial charge in [0.2, 0.25) is 0 Å². The third-order valence-electron chi connectivity index (χ3n) is 2.65. The second-order valence-corrected chi connectivity index (χ2v) is 6.27. The number of carbonyl (C=O) groups is 1. The summed E-state index contributed by atoms with van der Waals surface area (Å²) in [6.07, 6.45) is 0. The number of carbonyl (C=O) groups excluding carboxylic acids is 1. The van der Waals surface area contributed by atoms with Gasteiger partial charge in [-0.3, -0.25) is 4.79 Å². The average molecular weight is 310 g/mol. The van der Waals surface area contributed by atoms with E-state index in [0.717, 1.165) is 15.0 Å². The zero-order valence-electron chi connectivity index (χ0n) is 9.58. The molecule has 2 aromatic rings. The lowest BCUT2D eigenvalue weighted by Gasteiger charge is -2.09. The van der Waals surface area contributed by atoms with Crippen LogP contribution < -0.4 is 5.32 Å². The maximum Gasteiger partial charge on any atom is 0.265 e. The van der Waals surface area contributed by atoms with Crippen molar-refractivity contribution in [2.45, 2.75) is 13.8 Å². The van der Waals surface area contributed by atoms with E-state index in [2.05, 4.69) is 21.2 Å². The summed E-state index contributed by atoms with van der Waals surface area (Å²) in [5, 5.41) is 2.93. The molecule has 2 nitrogen and oxygen atoms in total. The lowest BCUT2D eigenvalue weighted by Crippen LogP contribution is -2.11. The summed E-state index contributed by atoms with van der Waals surface area (Å²) in [5.74, 6) is -0.0607. The SMILES string of the molecule is Cc1cccc(NC(=O)c2ccc(Br)s2)c1C. The first-order valence-electron chi connectivity index (χ1n) is 5.21. The van der Waals surface area contributed by atoms with Crippen LogP contribution in [0.5, 0.6) is 0 Å². The fraction of sp³-hybridized carbons (Fsp3) is 0.154. The van der Waals surface area contributed by atoms with Crippen LogP contribution in [0.2, 0.25) is 0 Å². The standard InChI is InChI=1S/C13H12BrNOS/c1-8-4-3-5-10(9(8)2)15-13(16)11-6-7-12(14)17-11/h3-7H,1-2H3,(H,15,16). The van der Waals surface area contributed by atoms with Gasteiger partial charge >= 0.3 is 0 Å². The van der Waals surface area contributed by atoms with E-state index in [1.54, 1.807) is 0 Å². The Morgan fingerprint density at radius 3 is 2.65 bits per heavy atom. The normalized spacial score (nSPS) is 10.3. The highest BCUT2D eigenvalue weighted by molar-refractivity contribution is 9.11. The molecular formula is C13H12BrNOS. The maximum atomic E-state index is 12.0. The first-order valence-corrected chi connectivity index (χ1v) is 6.82. The van der Waals surface area contributed by atoms with Crippen molar-refractivity contribution < 1.29 is 4.79 Å². The largest absolute Gasteiger partial charge is 0.321 e. The highest BCUT2D eigenvalue weighted by atomic mass is 79.9. The number of hydrogen-bond donors (Lipinski definition) is 1. The van der Waals surface area contributed by atoms with Crippen LogP contribution in [0.25, 0.3) is 0 Å². The van der Waals surface area contributed by atoms with Crippen molar-refractivity contribution in [1.82, 2.24) is 0 Å². The molecule has 0 bridgehead atoms. The van der Waals surface area contributed by atoms with Gasteiger partial charge in [-0.1, -0.05) is 12.1 Å². The van der Waals surface area contributed by atoms with Crippen LogP contribution in [0.15, 0.2) is 34.1 Å². The molecular weight excluding hydrogens is 298 g/mol. The Hall–Kier alpha value is -1.13. The van der Waals surface area contributed by atoms with Gasteiger partial charge in [0.25, 0.3) is 5.91 Å². The van der Waals surface area contributed by atoms with E-state index in [0.29, 0.717) is 4.88 Å². The minimum absolute atomic E-state index is 0.0607. The zero-order valence-corrected chi connectivity index (χ0v) is 12.0. The predicted octanol–water partition coefficient (Wildman–Crippen LogP) is 4.38. The highest BCUT2D eigenvalue weighted by Gasteiger charge is 2.10. The van der Waals surface area contributed by atoms with E-state index >= 15 is 0 Å². The molecule has 0 aliphatic rings. The first-order chi connectivity index (χ1) is 8.08. The molecule has 0 saturated heterocycles.